The summed E-state index contributed by atoms with van der Waals surface area (Å²) in [4.78, 5) is 10.9. The number of hydrogen-bond donors (Lipinski definition) is 1. The average molecular weight is 220 g/mol. The fourth-order valence-corrected chi connectivity index (χ4v) is 1.12. The van der Waals surface area contributed by atoms with E-state index in [0.717, 1.165) is 10.9 Å². The van der Waals surface area contributed by atoms with Gasteiger partial charge in [-0.3, -0.25) is 9.48 Å². The SMILES string of the molecule is CCC(C(N)=O)n1c[c]c(C(F)(F)F)n1. The highest BCUT2D eigenvalue weighted by Crippen LogP contribution is 2.27. The zero-order chi connectivity index (χ0) is 11.6. The lowest BCUT2D eigenvalue weighted by Gasteiger charge is -2.10. The fourth-order valence-electron chi connectivity index (χ4n) is 1.12. The molecular weight excluding hydrogens is 211 g/mol. The van der Waals surface area contributed by atoms with Crippen LogP contribution in [0.15, 0.2) is 6.20 Å². The quantitative estimate of drug-likeness (QED) is 0.830. The molecule has 1 unspecified atom stereocenters. The molecule has 1 rings (SSSR count). The molecule has 4 nitrogen and oxygen atoms in total. The lowest BCUT2D eigenvalue weighted by atomic mass is 10.2. The normalized spacial score (nSPS) is 13.9. The minimum atomic E-state index is -4.55. The Bertz CT molecular complexity index is 358. The van der Waals surface area contributed by atoms with Crippen LogP contribution in [0.25, 0.3) is 0 Å². The van der Waals surface area contributed by atoms with Crippen LogP contribution in [-0.2, 0) is 11.0 Å². The topological polar surface area (TPSA) is 60.9 Å². The maximum absolute atomic E-state index is 12.1. The standard InChI is InChI=1S/C8H9F3N3O/c1-2-5(7(12)15)14-4-3-6(13-14)8(9,10)11/h4-5H,2H2,1H3,(H2,12,15). The van der Waals surface area contributed by atoms with Crippen LogP contribution in [0.5, 0.6) is 0 Å². The van der Waals surface area contributed by atoms with E-state index in [0.29, 0.717) is 0 Å². The van der Waals surface area contributed by atoms with Gasteiger partial charge in [-0.15, -0.1) is 0 Å². The number of halogens is 3. The molecule has 1 heterocycles. The van der Waals surface area contributed by atoms with Crippen LogP contribution in [0.4, 0.5) is 13.2 Å². The summed E-state index contributed by atoms with van der Waals surface area (Å²) in [7, 11) is 0. The second-order valence-corrected chi connectivity index (χ2v) is 2.93. The van der Waals surface area contributed by atoms with Gasteiger partial charge in [0.2, 0.25) is 5.91 Å². The Labute approximate surface area is 83.9 Å². The van der Waals surface area contributed by atoms with E-state index < -0.39 is 23.8 Å². The van der Waals surface area contributed by atoms with Crippen molar-refractivity contribution in [2.45, 2.75) is 25.6 Å². The number of primary amides is 1. The number of rotatable bonds is 3. The van der Waals surface area contributed by atoms with Crippen LogP contribution in [0.1, 0.15) is 25.1 Å². The molecule has 83 valence electrons. The van der Waals surface area contributed by atoms with Gasteiger partial charge in [0.05, 0.1) is 0 Å². The van der Waals surface area contributed by atoms with Crippen molar-refractivity contribution in [3.63, 3.8) is 0 Å². The van der Waals surface area contributed by atoms with Crippen LogP contribution in [0.3, 0.4) is 0 Å². The summed E-state index contributed by atoms with van der Waals surface area (Å²) in [5.41, 5.74) is 3.85. The maximum Gasteiger partial charge on any atom is 0.435 e. The van der Waals surface area contributed by atoms with Crippen molar-refractivity contribution in [2.24, 2.45) is 5.73 Å². The molecule has 2 N–H and O–H groups in total. The Morgan fingerprint density at radius 3 is 2.67 bits per heavy atom. The highest BCUT2D eigenvalue weighted by molar-refractivity contribution is 5.78. The van der Waals surface area contributed by atoms with Crippen LogP contribution in [0, 0.1) is 6.07 Å². The molecule has 0 aromatic carbocycles. The molecule has 1 atom stereocenters. The summed E-state index contributed by atoms with van der Waals surface area (Å²) in [5, 5.41) is 3.21. The van der Waals surface area contributed by atoms with Crippen molar-refractivity contribution >= 4 is 5.91 Å². The van der Waals surface area contributed by atoms with Crippen molar-refractivity contribution in [2.75, 3.05) is 0 Å². The predicted octanol–water partition coefficient (Wildman–Crippen LogP) is 1.14. The summed E-state index contributed by atoms with van der Waals surface area (Å²) in [5.74, 6) is -0.720. The zero-order valence-corrected chi connectivity index (χ0v) is 7.88. The summed E-state index contributed by atoms with van der Waals surface area (Å²) in [6, 6.07) is 1.07. The number of nitrogens with zero attached hydrogens (tertiary/aromatic N) is 2. The fraction of sp³-hybridized carbons (Fsp3) is 0.500. The van der Waals surface area contributed by atoms with Gasteiger partial charge in [0.1, 0.15) is 6.04 Å². The smallest absolute Gasteiger partial charge is 0.368 e. The van der Waals surface area contributed by atoms with E-state index in [9.17, 15) is 18.0 Å². The number of alkyl halides is 3. The molecule has 0 spiro atoms. The number of aromatic nitrogens is 2. The summed E-state index contributed by atoms with van der Waals surface area (Å²) >= 11 is 0. The van der Waals surface area contributed by atoms with Gasteiger partial charge in [-0.05, 0) is 6.42 Å². The number of carbonyl (C=O) groups is 1. The first-order chi connectivity index (χ1) is 6.86. The maximum atomic E-state index is 12.1. The Morgan fingerprint density at radius 2 is 2.33 bits per heavy atom. The molecule has 0 saturated carbocycles. The number of hydrogen-bond acceptors (Lipinski definition) is 2. The molecule has 0 aliphatic carbocycles. The van der Waals surface area contributed by atoms with Crippen LogP contribution < -0.4 is 5.73 Å². The van der Waals surface area contributed by atoms with E-state index in [4.69, 9.17) is 5.73 Å². The molecule has 1 radical (unpaired) electrons. The summed E-state index contributed by atoms with van der Waals surface area (Å²) in [6.07, 6.45) is -3.30. The van der Waals surface area contributed by atoms with E-state index in [2.05, 4.69) is 5.10 Å². The Kier molecular flexibility index (Phi) is 3.01. The molecule has 1 amide bonds. The molecule has 0 bridgehead atoms. The van der Waals surface area contributed by atoms with Crippen molar-refractivity contribution in [3.05, 3.63) is 18.0 Å². The Balaban J connectivity index is 2.97. The molecule has 0 fully saturated rings. The van der Waals surface area contributed by atoms with Gasteiger partial charge in [0, 0.05) is 12.3 Å². The summed E-state index contributed by atoms with van der Waals surface area (Å²) in [6.45, 7) is 1.63. The molecule has 7 heteroatoms. The monoisotopic (exact) mass is 220 g/mol. The third-order valence-electron chi connectivity index (χ3n) is 1.85. The molecular formula is C8H9F3N3O. The first kappa shape index (κ1) is 11.5. The molecule has 1 aromatic rings. The third-order valence-corrected chi connectivity index (χ3v) is 1.85. The lowest BCUT2D eigenvalue weighted by Crippen LogP contribution is -2.26. The van der Waals surface area contributed by atoms with Gasteiger partial charge in [0.15, 0.2) is 5.69 Å². The van der Waals surface area contributed by atoms with Crippen molar-refractivity contribution in [1.82, 2.24) is 9.78 Å². The van der Waals surface area contributed by atoms with Gasteiger partial charge in [-0.2, -0.15) is 18.3 Å². The minimum absolute atomic E-state index is 0.280. The Morgan fingerprint density at radius 1 is 1.73 bits per heavy atom. The first-order valence-electron chi connectivity index (χ1n) is 4.19. The van der Waals surface area contributed by atoms with Gasteiger partial charge in [-0.1, -0.05) is 6.92 Å². The average Bonchev–Trinajstić information content (AvgIpc) is 2.52. The molecule has 0 saturated heterocycles. The second kappa shape index (κ2) is 3.92. The van der Waals surface area contributed by atoms with E-state index >= 15 is 0 Å². The van der Waals surface area contributed by atoms with Gasteiger partial charge in [-0.25, -0.2) is 0 Å². The lowest BCUT2D eigenvalue weighted by molar-refractivity contribution is -0.142. The molecule has 1 aromatic heterocycles. The molecule has 15 heavy (non-hydrogen) atoms. The number of nitrogens with two attached hydrogens (primary N) is 1. The number of carbonyl (C=O) groups excluding carboxylic acids is 1. The molecule has 0 aliphatic rings. The highest BCUT2D eigenvalue weighted by Gasteiger charge is 2.34. The molecule has 0 aliphatic heterocycles. The van der Waals surface area contributed by atoms with Crippen molar-refractivity contribution < 1.29 is 18.0 Å². The van der Waals surface area contributed by atoms with Crippen LogP contribution in [0.2, 0.25) is 0 Å². The largest absolute Gasteiger partial charge is 0.435 e. The van der Waals surface area contributed by atoms with Gasteiger partial charge < -0.3 is 5.73 Å². The first-order valence-corrected chi connectivity index (χ1v) is 4.19. The van der Waals surface area contributed by atoms with E-state index in [1.807, 2.05) is 6.07 Å². The zero-order valence-electron chi connectivity index (χ0n) is 7.88. The van der Waals surface area contributed by atoms with E-state index in [1.165, 1.54) is 0 Å². The van der Waals surface area contributed by atoms with E-state index in [-0.39, 0.29) is 6.42 Å². The highest BCUT2D eigenvalue weighted by atomic mass is 19.4. The predicted molar refractivity (Wildman–Crippen MR) is 44.6 cm³/mol. The minimum Gasteiger partial charge on any atom is -0.368 e. The van der Waals surface area contributed by atoms with Gasteiger partial charge in [0.25, 0.3) is 0 Å². The van der Waals surface area contributed by atoms with Crippen LogP contribution in [-0.4, -0.2) is 15.7 Å². The van der Waals surface area contributed by atoms with Crippen molar-refractivity contribution in [3.8, 4) is 0 Å². The van der Waals surface area contributed by atoms with E-state index in [1.54, 1.807) is 6.92 Å². The van der Waals surface area contributed by atoms with Crippen molar-refractivity contribution in [1.29, 1.82) is 0 Å². The Hall–Kier alpha value is -1.53. The number of amides is 1. The second-order valence-electron chi connectivity index (χ2n) is 2.93. The third kappa shape index (κ3) is 2.48. The van der Waals surface area contributed by atoms with Crippen LogP contribution >= 0.6 is 0 Å². The summed E-state index contributed by atoms with van der Waals surface area (Å²) < 4.78 is 37.3. The van der Waals surface area contributed by atoms with Gasteiger partial charge >= 0.3 is 6.18 Å².